The van der Waals surface area contributed by atoms with Crippen LogP contribution in [0.5, 0.6) is 17.2 Å². The van der Waals surface area contributed by atoms with Crippen LogP contribution < -0.4 is 14.2 Å². The Morgan fingerprint density at radius 1 is 0.958 bits per heavy atom. The second-order valence-electron chi connectivity index (χ2n) is 5.42. The first-order valence-electron chi connectivity index (χ1n) is 7.47. The van der Waals surface area contributed by atoms with Crippen LogP contribution in [0.15, 0.2) is 46.6 Å². The maximum Gasteiger partial charge on any atom is 0.203 e. The van der Waals surface area contributed by atoms with Crippen LogP contribution in [0, 0.1) is 0 Å². The molecule has 0 spiro atoms. The lowest BCUT2D eigenvalue weighted by molar-refractivity contribution is 0.320. The maximum absolute atomic E-state index is 5.62. The van der Waals surface area contributed by atoms with E-state index in [1.54, 1.807) is 40.1 Å². The van der Waals surface area contributed by atoms with Crippen molar-refractivity contribution in [2.45, 2.75) is 12.5 Å². The lowest BCUT2D eigenvalue weighted by Crippen LogP contribution is -2.29. The summed E-state index contributed by atoms with van der Waals surface area (Å²) in [5.74, 6) is 1.71. The molecule has 1 unspecified atom stereocenters. The van der Waals surface area contributed by atoms with Crippen molar-refractivity contribution in [2.24, 2.45) is 9.98 Å². The van der Waals surface area contributed by atoms with E-state index < -0.39 is 5.54 Å². The van der Waals surface area contributed by atoms with Gasteiger partial charge in [0, 0.05) is 23.5 Å². The zero-order valence-electron chi connectivity index (χ0n) is 14.1. The molecule has 1 aromatic heterocycles. The molecule has 6 heteroatoms. The first-order chi connectivity index (χ1) is 11.7. The van der Waals surface area contributed by atoms with E-state index in [9.17, 15) is 0 Å². The third kappa shape index (κ3) is 2.40. The SMILES string of the molecule is COc1ccc(C2(C)N=CN=C2c2cccnc2)c(OC)c1OC. The van der Waals surface area contributed by atoms with Gasteiger partial charge in [-0.3, -0.25) is 9.98 Å². The number of hydrogen-bond acceptors (Lipinski definition) is 6. The van der Waals surface area contributed by atoms with Gasteiger partial charge in [0.05, 0.1) is 27.0 Å². The Morgan fingerprint density at radius 2 is 1.75 bits per heavy atom. The van der Waals surface area contributed by atoms with Gasteiger partial charge >= 0.3 is 0 Å². The van der Waals surface area contributed by atoms with Crippen LogP contribution in [0.1, 0.15) is 18.1 Å². The molecule has 1 aliphatic rings. The predicted octanol–water partition coefficient (Wildman–Crippen LogP) is 2.85. The number of rotatable bonds is 5. The highest BCUT2D eigenvalue weighted by atomic mass is 16.5. The molecule has 1 aliphatic heterocycles. The van der Waals surface area contributed by atoms with E-state index >= 15 is 0 Å². The van der Waals surface area contributed by atoms with Crippen LogP contribution in [-0.4, -0.2) is 38.4 Å². The van der Waals surface area contributed by atoms with Crippen molar-refractivity contribution in [3.63, 3.8) is 0 Å². The lowest BCUT2D eigenvalue weighted by Gasteiger charge is -2.27. The Balaban J connectivity index is 2.17. The molecule has 0 radical (unpaired) electrons. The molecule has 2 heterocycles. The highest BCUT2D eigenvalue weighted by Gasteiger charge is 2.39. The van der Waals surface area contributed by atoms with E-state index in [0.29, 0.717) is 17.2 Å². The van der Waals surface area contributed by atoms with Crippen molar-refractivity contribution in [1.82, 2.24) is 4.98 Å². The minimum atomic E-state index is -0.700. The van der Waals surface area contributed by atoms with Crippen molar-refractivity contribution >= 4 is 12.1 Å². The van der Waals surface area contributed by atoms with Gasteiger partial charge in [-0.1, -0.05) is 0 Å². The fraction of sp³-hybridized carbons (Fsp3) is 0.278. The van der Waals surface area contributed by atoms with Crippen molar-refractivity contribution in [2.75, 3.05) is 21.3 Å². The number of nitrogens with zero attached hydrogens (tertiary/aromatic N) is 3. The van der Waals surface area contributed by atoms with Gasteiger partial charge in [-0.15, -0.1) is 0 Å². The van der Waals surface area contributed by atoms with Gasteiger partial charge in [-0.2, -0.15) is 0 Å². The minimum absolute atomic E-state index is 0.534. The molecule has 1 atom stereocenters. The molecule has 24 heavy (non-hydrogen) atoms. The maximum atomic E-state index is 5.62. The molecule has 0 bridgehead atoms. The summed E-state index contributed by atoms with van der Waals surface area (Å²) in [4.78, 5) is 13.2. The van der Waals surface area contributed by atoms with Gasteiger partial charge in [-0.25, -0.2) is 4.99 Å². The van der Waals surface area contributed by atoms with Gasteiger partial charge in [0.1, 0.15) is 11.9 Å². The van der Waals surface area contributed by atoms with E-state index in [1.807, 2.05) is 31.2 Å². The van der Waals surface area contributed by atoms with Crippen LogP contribution in [0.3, 0.4) is 0 Å². The first-order valence-corrected chi connectivity index (χ1v) is 7.47. The Bertz CT molecular complexity index is 803. The second kappa shape index (κ2) is 6.31. The summed E-state index contributed by atoms with van der Waals surface area (Å²) in [6, 6.07) is 7.61. The number of pyridine rings is 1. The van der Waals surface area contributed by atoms with Gasteiger partial charge in [0.15, 0.2) is 11.5 Å². The summed E-state index contributed by atoms with van der Waals surface area (Å²) < 4.78 is 16.5. The van der Waals surface area contributed by atoms with Crippen LogP contribution in [0.4, 0.5) is 0 Å². The molecular formula is C18H19N3O3. The minimum Gasteiger partial charge on any atom is -0.493 e. The molecule has 2 aromatic rings. The van der Waals surface area contributed by atoms with Crippen LogP contribution in [-0.2, 0) is 5.54 Å². The van der Waals surface area contributed by atoms with E-state index in [1.165, 1.54) is 0 Å². The summed E-state index contributed by atoms with van der Waals surface area (Å²) >= 11 is 0. The molecule has 0 saturated carbocycles. The highest BCUT2D eigenvalue weighted by Crippen LogP contribution is 2.46. The molecule has 6 nitrogen and oxygen atoms in total. The summed E-state index contributed by atoms with van der Waals surface area (Å²) in [5.41, 5.74) is 1.86. The monoisotopic (exact) mass is 325 g/mol. The zero-order valence-corrected chi connectivity index (χ0v) is 14.1. The number of benzene rings is 1. The van der Waals surface area contributed by atoms with Gasteiger partial charge < -0.3 is 14.2 Å². The Morgan fingerprint density at radius 3 is 2.38 bits per heavy atom. The van der Waals surface area contributed by atoms with Crippen molar-refractivity contribution < 1.29 is 14.2 Å². The number of aromatic nitrogens is 1. The smallest absolute Gasteiger partial charge is 0.203 e. The molecule has 0 amide bonds. The lowest BCUT2D eigenvalue weighted by atomic mass is 9.84. The van der Waals surface area contributed by atoms with E-state index in [-0.39, 0.29) is 0 Å². The first kappa shape index (κ1) is 16.0. The Hall–Kier alpha value is -2.89. The van der Waals surface area contributed by atoms with Crippen molar-refractivity contribution in [3.8, 4) is 17.2 Å². The normalized spacial score (nSPS) is 19.1. The average molecular weight is 325 g/mol. The summed E-state index contributed by atoms with van der Waals surface area (Å²) in [7, 11) is 4.78. The summed E-state index contributed by atoms with van der Waals surface area (Å²) in [6.07, 6.45) is 5.08. The third-order valence-electron chi connectivity index (χ3n) is 4.13. The summed E-state index contributed by atoms with van der Waals surface area (Å²) in [5, 5.41) is 0. The molecule has 0 fully saturated rings. The fourth-order valence-corrected chi connectivity index (χ4v) is 2.93. The third-order valence-corrected chi connectivity index (χ3v) is 4.13. The van der Waals surface area contributed by atoms with E-state index in [4.69, 9.17) is 14.2 Å². The molecule has 0 aliphatic carbocycles. The molecule has 1 aromatic carbocycles. The second-order valence-corrected chi connectivity index (χ2v) is 5.42. The Labute approximate surface area is 140 Å². The number of hydrogen-bond donors (Lipinski definition) is 0. The quantitative estimate of drug-likeness (QED) is 0.848. The topological polar surface area (TPSA) is 65.3 Å². The fourth-order valence-electron chi connectivity index (χ4n) is 2.93. The molecular weight excluding hydrogens is 306 g/mol. The number of aliphatic imine (C=N–C) groups is 2. The van der Waals surface area contributed by atoms with Crippen molar-refractivity contribution in [1.29, 1.82) is 0 Å². The molecule has 3 rings (SSSR count). The molecule has 0 N–H and O–H groups in total. The van der Waals surface area contributed by atoms with E-state index in [2.05, 4.69) is 15.0 Å². The average Bonchev–Trinajstić information content (AvgIpc) is 3.03. The van der Waals surface area contributed by atoms with E-state index in [0.717, 1.165) is 16.8 Å². The summed E-state index contributed by atoms with van der Waals surface area (Å²) in [6.45, 7) is 1.99. The van der Waals surface area contributed by atoms with Crippen LogP contribution in [0.25, 0.3) is 0 Å². The van der Waals surface area contributed by atoms with Gasteiger partial charge in [0.25, 0.3) is 0 Å². The Kier molecular flexibility index (Phi) is 4.20. The molecule has 0 saturated heterocycles. The van der Waals surface area contributed by atoms with Crippen molar-refractivity contribution in [3.05, 3.63) is 47.8 Å². The molecule has 124 valence electrons. The standard InChI is InChI=1S/C18H19N3O3/c1-18(17(20-11-21-18)12-6-5-9-19-10-12)13-7-8-14(22-2)16(24-4)15(13)23-3/h5-11H,1-4H3. The zero-order chi connectivity index (χ0) is 17.2. The predicted molar refractivity (Wildman–Crippen MR) is 92.7 cm³/mol. The highest BCUT2D eigenvalue weighted by molar-refractivity contribution is 6.13. The number of methoxy groups -OCH3 is 3. The van der Waals surface area contributed by atoms with Crippen LogP contribution in [0.2, 0.25) is 0 Å². The van der Waals surface area contributed by atoms with Gasteiger partial charge in [-0.05, 0) is 31.2 Å². The largest absolute Gasteiger partial charge is 0.493 e. The number of ether oxygens (including phenoxy) is 3. The van der Waals surface area contributed by atoms with Gasteiger partial charge in [0.2, 0.25) is 5.75 Å². The van der Waals surface area contributed by atoms with Crippen LogP contribution >= 0.6 is 0 Å².